The molecule has 0 aliphatic carbocycles. The van der Waals surface area contributed by atoms with Crippen LogP contribution < -0.4 is 0 Å². The zero-order valence-corrected chi connectivity index (χ0v) is 13.1. The normalized spacial score (nSPS) is 18.6. The van der Waals surface area contributed by atoms with E-state index in [2.05, 4.69) is 20.8 Å². The second-order valence-electron chi connectivity index (χ2n) is 7.43. The third kappa shape index (κ3) is 3.76. The van der Waals surface area contributed by atoms with Gasteiger partial charge in [0.05, 0.1) is 0 Å². The third-order valence-corrected chi connectivity index (χ3v) is 3.69. The molecule has 0 bridgehead atoms. The number of halogens is 3. The first kappa shape index (κ1) is 17.1. The molecule has 1 aliphatic heterocycles. The van der Waals surface area contributed by atoms with Crippen molar-refractivity contribution >= 4 is 5.91 Å². The largest absolute Gasteiger partial charge is 0.471 e. The quantitative estimate of drug-likeness (QED) is 0.613. The predicted octanol–water partition coefficient (Wildman–Crippen LogP) is 4.17. The van der Waals surface area contributed by atoms with Crippen LogP contribution in [0.4, 0.5) is 13.2 Å². The molecule has 0 aromatic rings. The molecule has 0 saturated heterocycles. The van der Waals surface area contributed by atoms with Crippen LogP contribution in [0.15, 0.2) is 11.1 Å². The van der Waals surface area contributed by atoms with Gasteiger partial charge in [-0.15, -0.1) is 0 Å². The minimum absolute atomic E-state index is 0.0778. The maximum Gasteiger partial charge on any atom is 0.471 e. The Bertz CT molecular complexity index is 422. The van der Waals surface area contributed by atoms with Gasteiger partial charge in [0.15, 0.2) is 0 Å². The maximum absolute atomic E-state index is 12.6. The smallest absolute Gasteiger partial charge is 0.331 e. The van der Waals surface area contributed by atoms with Crippen LogP contribution in [0.25, 0.3) is 0 Å². The van der Waals surface area contributed by atoms with Crippen molar-refractivity contribution in [2.45, 2.75) is 54.1 Å². The average Bonchev–Trinajstić information content (AvgIpc) is 2.23. The molecular formula is C15H24F3NO. The van der Waals surface area contributed by atoms with Gasteiger partial charge in [-0.05, 0) is 22.8 Å². The van der Waals surface area contributed by atoms with E-state index in [1.165, 1.54) is 5.57 Å². The number of hydrogen-bond donors (Lipinski definition) is 0. The van der Waals surface area contributed by atoms with Gasteiger partial charge < -0.3 is 4.90 Å². The monoisotopic (exact) mass is 291 g/mol. The van der Waals surface area contributed by atoms with Gasteiger partial charge in [0, 0.05) is 13.1 Å². The maximum atomic E-state index is 12.6. The lowest BCUT2D eigenvalue weighted by atomic mass is 9.72. The Labute approximate surface area is 119 Å². The van der Waals surface area contributed by atoms with Crippen molar-refractivity contribution < 1.29 is 18.0 Å². The summed E-state index contributed by atoms with van der Waals surface area (Å²) in [5, 5.41) is 0. The topological polar surface area (TPSA) is 20.3 Å². The molecule has 1 amide bonds. The van der Waals surface area contributed by atoms with E-state index in [9.17, 15) is 18.0 Å². The van der Waals surface area contributed by atoms with E-state index in [4.69, 9.17) is 0 Å². The van der Waals surface area contributed by atoms with Gasteiger partial charge in [-0.2, -0.15) is 13.2 Å². The van der Waals surface area contributed by atoms with Gasteiger partial charge in [0.1, 0.15) is 0 Å². The summed E-state index contributed by atoms with van der Waals surface area (Å²) in [7, 11) is 0. The minimum atomic E-state index is -4.79. The minimum Gasteiger partial charge on any atom is -0.331 e. The van der Waals surface area contributed by atoms with Crippen molar-refractivity contribution in [3.05, 3.63) is 11.1 Å². The Morgan fingerprint density at radius 3 is 1.75 bits per heavy atom. The molecule has 5 heteroatoms. The summed E-state index contributed by atoms with van der Waals surface area (Å²) >= 11 is 0. The average molecular weight is 291 g/mol. The fourth-order valence-corrected chi connectivity index (χ4v) is 2.63. The van der Waals surface area contributed by atoms with Crippen molar-refractivity contribution in [2.75, 3.05) is 13.1 Å². The number of carbonyl (C=O) groups excluding carboxylic acids is 1. The van der Waals surface area contributed by atoms with E-state index in [1.54, 1.807) is 0 Å². The number of alkyl halides is 3. The van der Waals surface area contributed by atoms with Crippen LogP contribution in [0.2, 0.25) is 0 Å². The zero-order chi connectivity index (χ0) is 15.9. The summed E-state index contributed by atoms with van der Waals surface area (Å²) in [5.74, 6) is -1.73. The van der Waals surface area contributed by atoms with Crippen molar-refractivity contribution in [3.63, 3.8) is 0 Å². The lowest BCUT2D eigenvalue weighted by Gasteiger charge is -2.41. The highest BCUT2D eigenvalue weighted by Gasteiger charge is 2.44. The molecule has 0 aromatic carbocycles. The standard InChI is InChI=1S/C15H24F3NO/c1-13(2,3)10-7-8-19(12(20)15(16,17)18)9-11(10)14(4,5)6/h7-9H2,1-6H3. The Balaban J connectivity index is 3.15. The Morgan fingerprint density at radius 2 is 1.40 bits per heavy atom. The number of rotatable bonds is 0. The molecule has 0 aromatic heterocycles. The van der Waals surface area contributed by atoms with Crippen LogP contribution in [0.5, 0.6) is 0 Å². The molecule has 0 N–H and O–H groups in total. The fraction of sp³-hybridized carbons (Fsp3) is 0.800. The SMILES string of the molecule is CC(C)(C)C1=C(C(C)(C)C)CN(C(=O)C(F)(F)F)CC1. The van der Waals surface area contributed by atoms with Gasteiger partial charge in [0.2, 0.25) is 0 Å². The van der Waals surface area contributed by atoms with Crippen LogP contribution in [0, 0.1) is 10.8 Å². The summed E-state index contributed by atoms with van der Waals surface area (Å²) < 4.78 is 37.7. The first-order valence-corrected chi connectivity index (χ1v) is 6.83. The van der Waals surface area contributed by atoms with Gasteiger partial charge in [-0.25, -0.2) is 0 Å². The van der Waals surface area contributed by atoms with Gasteiger partial charge in [-0.1, -0.05) is 47.1 Å². The Kier molecular flexibility index (Phi) is 4.33. The van der Waals surface area contributed by atoms with E-state index in [0.717, 1.165) is 10.5 Å². The van der Waals surface area contributed by atoms with Crippen molar-refractivity contribution in [2.24, 2.45) is 10.8 Å². The Morgan fingerprint density at radius 1 is 0.950 bits per heavy atom. The number of nitrogens with zero attached hydrogens (tertiary/aromatic N) is 1. The fourth-order valence-electron chi connectivity index (χ4n) is 2.63. The highest BCUT2D eigenvalue weighted by atomic mass is 19.4. The van der Waals surface area contributed by atoms with Gasteiger partial charge in [-0.3, -0.25) is 4.79 Å². The second-order valence-corrected chi connectivity index (χ2v) is 7.43. The van der Waals surface area contributed by atoms with Crippen LogP contribution in [0.3, 0.4) is 0 Å². The van der Waals surface area contributed by atoms with Crippen LogP contribution in [-0.4, -0.2) is 30.1 Å². The van der Waals surface area contributed by atoms with E-state index in [-0.39, 0.29) is 23.9 Å². The van der Waals surface area contributed by atoms with E-state index in [0.29, 0.717) is 6.42 Å². The number of amides is 1. The van der Waals surface area contributed by atoms with Crippen molar-refractivity contribution in [3.8, 4) is 0 Å². The molecule has 1 rings (SSSR count). The highest BCUT2D eigenvalue weighted by molar-refractivity contribution is 5.82. The second kappa shape index (κ2) is 5.08. The van der Waals surface area contributed by atoms with E-state index < -0.39 is 12.1 Å². The lowest BCUT2D eigenvalue weighted by molar-refractivity contribution is -0.185. The molecule has 0 radical (unpaired) electrons. The van der Waals surface area contributed by atoms with Crippen LogP contribution in [0.1, 0.15) is 48.0 Å². The summed E-state index contributed by atoms with van der Waals surface area (Å²) in [6.45, 7) is 12.4. The molecule has 0 fully saturated rings. The predicted molar refractivity (Wildman–Crippen MR) is 73.2 cm³/mol. The number of hydrogen-bond acceptors (Lipinski definition) is 1. The summed E-state index contributed by atoms with van der Waals surface area (Å²) in [6, 6.07) is 0. The summed E-state index contributed by atoms with van der Waals surface area (Å²) in [5.41, 5.74) is 1.80. The molecular weight excluding hydrogens is 267 g/mol. The molecule has 0 atom stereocenters. The molecule has 0 saturated carbocycles. The highest BCUT2D eigenvalue weighted by Crippen LogP contribution is 2.41. The molecule has 0 spiro atoms. The molecule has 116 valence electrons. The summed E-state index contributed by atoms with van der Waals surface area (Å²) in [4.78, 5) is 12.4. The molecule has 0 unspecified atom stereocenters. The number of carbonyl (C=O) groups is 1. The molecule has 2 nitrogen and oxygen atoms in total. The Hall–Kier alpha value is -1.00. The molecule has 20 heavy (non-hydrogen) atoms. The van der Waals surface area contributed by atoms with Crippen molar-refractivity contribution in [1.82, 2.24) is 4.90 Å². The molecule has 1 aliphatic rings. The van der Waals surface area contributed by atoms with E-state index >= 15 is 0 Å². The van der Waals surface area contributed by atoms with Crippen LogP contribution >= 0.6 is 0 Å². The first-order valence-electron chi connectivity index (χ1n) is 6.83. The van der Waals surface area contributed by atoms with E-state index in [1.807, 2.05) is 20.8 Å². The lowest BCUT2D eigenvalue weighted by Crippen LogP contribution is -2.47. The van der Waals surface area contributed by atoms with Crippen molar-refractivity contribution in [1.29, 1.82) is 0 Å². The first-order chi connectivity index (χ1) is 8.74. The zero-order valence-electron chi connectivity index (χ0n) is 13.1. The van der Waals surface area contributed by atoms with Gasteiger partial charge >= 0.3 is 12.1 Å². The molecule has 1 heterocycles. The van der Waals surface area contributed by atoms with Crippen LogP contribution in [-0.2, 0) is 4.79 Å². The third-order valence-electron chi connectivity index (χ3n) is 3.69. The van der Waals surface area contributed by atoms with Gasteiger partial charge in [0.25, 0.3) is 0 Å². The summed E-state index contributed by atoms with van der Waals surface area (Å²) in [6.07, 6.45) is -4.28.